The fraction of sp³-hybridized carbons (Fsp3) is 0.500. The molecule has 0 bridgehead atoms. The summed E-state index contributed by atoms with van der Waals surface area (Å²) in [4.78, 5) is 11.6. The quantitative estimate of drug-likeness (QED) is 0.738. The van der Waals surface area contributed by atoms with Crippen LogP contribution in [0.5, 0.6) is 5.75 Å². The van der Waals surface area contributed by atoms with Crippen LogP contribution >= 0.6 is 0 Å². The minimum atomic E-state index is -0.103. The summed E-state index contributed by atoms with van der Waals surface area (Å²) >= 11 is 0. The number of nitrogens with one attached hydrogen (secondary N) is 1. The van der Waals surface area contributed by atoms with Crippen LogP contribution in [0.2, 0.25) is 0 Å². The molecule has 0 unspecified atom stereocenters. The van der Waals surface area contributed by atoms with Gasteiger partial charge in [0.25, 0.3) is 5.91 Å². The van der Waals surface area contributed by atoms with Crippen molar-refractivity contribution in [2.45, 2.75) is 32.6 Å². The van der Waals surface area contributed by atoms with E-state index in [4.69, 9.17) is 4.74 Å². The van der Waals surface area contributed by atoms with E-state index in [1.54, 1.807) is 13.1 Å². The van der Waals surface area contributed by atoms with E-state index >= 15 is 0 Å². The molecule has 0 radical (unpaired) electrons. The fourth-order valence-corrected chi connectivity index (χ4v) is 1.63. The molecule has 0 aromatic heterocycles. The molecule has 0 saturated carbocycles. The van der Waals surface area contributed by atoms with Gasteiger partial charge in [-0.05, 0) is 18.6 Å². The maximum atomic E-state index is 11.6. The largest absolute Gasteiger partial charge is 0.493 e. The topological polar surface area (TPSA) is 38.3 Å². The minimum absolute atomic E-state index is 0.103. The Labute approximate surface area is 103 Å². The Morgan fingerprint density at radius 2 is 2.00 bits per heavy atom. The second-order valence-electron chi connectivity index (χ2n) is 3.98. The number of carbonyl (C=O) groups excluding carboxylic acids is 1. The number of ether oxygens (including phenoxy) is 1. The third-order valence-corrected chi connectivity index (χ3v) is 2.61. The van der Waals surface area contributed by atoms with Crippen LogP contribution in [0, 0.1) is 0 Å². The lowest BCUT2D eigenvalue weighted by Crippen LogP contribution is -2.18. The molecule has 0 aliphatic rings. The minimum Gasteiger partial charge on any atom is -0.493 e. The number of para-hydroxylation sites is 1. The number of hydrogen-bond donors (Lipinski definition) is 1. The predicted molar refractivity (Wildman–Crippen MR) is 69.5 cm³/mol. The first-order valence-corrected chi connectivity index (χ1v) is 6.23. The Hall–Kier alpha value is -1.51. The van der Waals surface area contributed by atoms with Crippen molar-refractivity contribution in [2.24, 2.45) is 0 Å². The second kappa shape index (κ2) is 7.71. The van der Waals surface area contributed by atoms with Crippen molar-refractivity contribution < 1.29 is 9.53 Å². The van der Waals surface area contributed by atoms with Crippen molar-refractivity contribution in [1.29, 1.82) is 0 Å². The standard InChI is InChI=1S/C14H21NO2/c1-3-4-5-8-11-17-13-10-7-6-9-12(13)14(16)15-2/h6-7,9-10H,3-5,8,11H2,1-2H3,(H,15,16). The van der Waals surface area contributed by atoms with Gasteiger partial charge in [0, 0.05) is 7.05 Å². The average Bonchev–Trinajstić information content (AvgIpc) is 2.38. The second-order valence-corrected chi connectivity index (χ2v) is 3.98. The van der Waals surface area contributed by atoms with Crippen molar-refractivity contribution in [2.75, 3.05) is 13.7 Å². The highest BCUT2D eigenvalue weighted by Crippen LogP contribution is 2.18. The number of rotatable bonds is 7. The lowest BCUT2D eigenvalue weighted by molar-refractivity contribution is 0.0959. The SMILES string of the molecule is CCCCCCOc1ccccc1C(=O)NC. The highest BCUT2D eigenvalue weighted by atomic mass is 16.5. The molecule has 0 heterocycles. The number of benzene rings is 1. The molecule has 1 N–H and O–H groups in total. The van der Waals surface area contributed by atoms with Crippen LogP contribution in [-0.4, -0.2) is 19.6 Å². The molecule has 3 heteroatoms. The van der Waals surface area contributed by atoms with Gasteiger partial charge in [-0.1, -0.05) is 38.3 Å². The van der Waals surface area contributed by atoms with Gasteiger partial charge in [0.05, 0.1) is 12.2 Å². The van der Waals surface area contributed by atoms with Crippen molar-refractivity contribution >= 4 is 5.91 Å². The monoisotopic (exact) mass is 235 g/mol. The number of amides is 1. The van der Waals surface area contributed by atoms with Gasteiger partial charge >= 0.3 is 0 Å². The third-order valence-electron chi connectivity index (χ3n) is 2.61. The summed E-state index contributed by atoms with van der Waals surface area (Å²) in [6.07, 6.45) is 4.67. The summed E-state index contributed by atoms with van der Waals surface area (Å²) in [6, 6.07) is 7.34. The molecular weight excluding hydrogens is 214 g/mol. The van der Waals surface area contributed by atoms with Gasteiger partial charge in [-0.3, -0.25) is 4.79 Å². The maximum Gasteiger partial charge on any atom is 0.254 e. The van der Waals surface area contributed by atoms with Crippen LogP contribution in [0.15, 0.2) is 24.3 Å². The number of carbonyl (C=O) groups is 1. The molecule has 0 aliphatic carbocycles. The van der Waals surface area contributed by atoms with E-state index in [9.17, 15) is 4.79 Å². The Morgan fingerprint density at radius 3 is 2.71 bits per heavy atom. The Bertz CT molecular complexity index is 350. The molecule has 1 rings (SSSR count). The van der Waals surface area contributed by atoms with Gasteiger partial charge in [0.1, 0.15) is 5.75 Å². The van der Waals surface area contributed by atoms with Crippen LogP contribution in [0.25, 0.3) is 0 Å². The zero-order valence-electron chi connectivity index (χ0n) is 10.7. The molecule has 1 aromatic carbocycles. The molecule has 1 aromatic rings. The maximum absolute atomic E-state index is 11.6. The lowest BCUT2D eigenvalue weighted by atomic mass is 10.2. The van der Waals surface area contributed by atoms with Gasteiger partial charge in [0.2, 0.25) is 0 Å². The lowest BCUT2D eigenvalue weighted by Gasteiger charge is -2.10. The molecule has 17 heavy (non-hydrogen) atoms. The first-order chi connectivity index (χ1) is 8.29. The molecule has 94 valence electrons. The van der Waals surface area contributed by atoms with E-state index in [0.29, 0.717) is 17.9 Å². The predicted octanol–water partition coefficient (Wildman–Crippen LogP) is 3.01. The summed E-state index contributed by atoms with van der Waals surface area (Å²) in [5.41, 5.74) is 0.602. The van der Waals surface area contributed by atoms with Crippen LogP contribution in [0.3, 0.4) is 0 Å². The van der Waals surface area contributed by atoms with Gasteiger partial charge in [-0.25, -0.2) is 0 Å². The normalized spacial score (nSPS) is 10.0. The summed E-state index contributed by atoms with van der Waals surface area (Å²) in [7, 11) is 1.63. The molecule has 1 amide bonds. The summed E-state index contributed by atoms with van der Waals surface area (Å²) in [6.45, 7) is 2.86. The molecule has 0 saturated heterocycles. The molecule has 0 fully saturated rings. The van der Waals surface area contributed by atoms with E-state index in [2.05, 4.69) is 12.2 Å². The summed E-state index contributed by atoms with van der Waals surface area (Å²) in [5, 5.41) is 2.61. The van der Waals surface area contributed by atoms with Gasteiger partial charge < -0.3 is 10.1 Å². The first-order valence-electron chi connectivity index (χ1n) is 6.23. The first kappa shape index (κ1) is 13.6. The van der Waals surface area contributed by atoms with Gasteiger partial charge in [-0.15, -0.1) is 0 Å². The van der Waals surface area contributed by atoms with Crippen molar-refractivity contribution in [3.8, 4) is 5.75 Å². The molecule has 0 spiro atoms. The van der Waals surface area contributed by atoms with Crippen molar-refractivity contribution in [3.63, 3.8) is 0 Å². The zero-order chi connectivity index (χ0) is 12.5. The number of hydrogen-bond acceptors (Lipinski definition) is 2. The molecule has 0 aliphatic heterocycles. The van der Waals surface area contributed by atoms with Crippen molar-refractivity contribution in [1.82, 2.24) is 5.32 Å². The zero-order valence-corrected chi connectivity index (χ0v) is 10.7. The summed E-state index contributed by atoms with van der Waals surface area (Å²) < 4.78 is 5.65. The van der Waals surface area contributed by atoms with Crippen LogP contribution in [-0.2, 0) is 0 Å². The molecule has 3 nitrogen and oxygen atoms in total. The van der Waals surface area contributed by atoms with E-state index in [1.807, 2.05) is 18.2 Å². The number of unbranched alkanes of at least 4 members (excludes halogenated alkanes) is 3. The van der Waals surface area contributed by atoms with Crippen LogP contribution in [0.4, 0.5) is 0 Å². The van der Waals surface area contributed by atoms with E-state index < -0.39 is 0 Å². The Morgan fingerprint density at radius 1 is 1.24 bits per heavy atom. The van der Waals surface area contributed by atoms with E-state index in [-0.39, 0.29) is 5.91 Å². The summed E-state index contributed by atoms with van der Waals surface area (Å²) in [5.74, 6) is 0.567. The smallest absolute Gasteiger partial charge is 0.254 e. The Kier molecular flexibility index (Phi) is 6.15. The third kappa shape index (κ3) is 4.47. The fourth-order valence-electron chi connectivity index (χ4n) is 1.63. The highest BCUT2D eigenvalue weighted by Gasteiger charge is 2.09. The average molecular weight is 235 g/mol. The van der Waals surface area contributed by atoms with Crippen LogP contribution < -0.4 is 10.1 Å². The van der Waals surface area contributed by atoms with Gasteiger partial charge in [0.15, 0.2) is 0 Å². The van der Waals surface area contributed by atoms with E-state index in [0.717, 1.165) is 6.42 Å². The van der Waals surface area contributed by atoms with Gasteiger partial charge in [-0.2, -0.15) is 0 Å². The van der Waals surface area contributed by atoms with Crippen molar-refractivity contribution in [3.05, 3.63) is 29.8 Å². The van der Waals surface area contributed by atoms with E-state index in [1.165, 1.54) is 19.3 Å². The Balaban J connectivity index is 2.49. The molecule has 0 atom stereocenters. The highest BCUT2D eigenvalue weighted by molar-refractivity contribution is 5.96. The molecular formula is C14H21NO2. The van der Waals surface area contributed by atoms with Crippen LogP contribution in [0.1, 0.15) is 43.0 Å².